The zero-order valence-electron chi connectivity index (χ0n) is 42.9. The van der Waals surface area contributed by atoms with Gasteiger partial charge in [0.05, 0.1) is 50.0 Å². The van der Waals surface area contributed by atoms with Crippen LogP contribution >= 0.6 is 0 Å². The van der Waals surface area contributed by atoms with Crippen LogP contribution in [0.2, 0.25) is 0 Å². The molecule has 2 aromatic rings. The zero-order chi connectivity index (χ0) is 50.4. The Labute approximate surface area is 398 Å². The van der Waals surface area contributed by atoms with E-state index in [1.807, 2.05) is 48.5 Å². The van der Waals surface area contributed by atoms with Crippen LogP contribution in [-0.4, -0.2) is 106 Å². The van der Waals surface area contributed by atoms with Gasteiger partial charge in [0.2, 0.25) is 6.29 Å². The summed E-state index contributed by atoms with van der Waals surface area (Å²) in [4.78, 5) is 59.6. The van der Waals surface area contributed by atoms with Crippen LogP contribution in [0.3, 0.4) is 0 Å². The largest absolute Gasteiger partial charge is 0.469 e. The standard InChI is InChI=1S/C31H50O13.C14H16.C7H14O2/c1-11-31(9,10)30(35)44-29-26(41-21(8)34)18(5)23(14-38-29)43-28-25(40-20(7)33)17(4)22(13-37-28)42-27-24(39-19(6)32)16(3)15(2)12-36-27;1-3-11(2)13-10-6-8-12-7-4-5-9-14(12)13;1-5-7(2,3)6(8)9-4/h15-18,22-29H,11-14H2,1-10H3;4-11H,3H2,1-2H3;5H2,1-4H3. The van der Waals surface area contributed by atoms with E-state index < -0.39 is 90.5 Å². The predicted molar refractivity (Wildman–Crippen MR) is 251 cm³/mol. The van der Waals surface area contributed by atoms with Gasteiger partial charge >= 0.3 is 29.8 Å². The molecule has 0 N–H and O–H groups in total. The Kier molecular flexibility index (Phi) is 22.2. The summed E-state index contributed by atoms with van der Waals surface area (Å²) in [6.45, 7) is 27.7. The Balaban J connectivity index is 0.000000418. The van der Waals surface area contributed by atoms with Crippen molar-refractivity contribution >= 4 is 40.6 Å². The van der Waals surface area contributed by atoms with Crippen molar-refractivity contribution in [3.8, 4) is 0 Å². The Bertz CT molecular complexity index is 1910. The molecule has 13 atom stereocenters. The molecule has 5 rings (SSSR count). The summed E-state index contributed by atoms with van der Waals surface area (Å²) in [7, 11) is 1.42. The molecule has 0 saturated carbocycles. The normalized spacial score (nSPS) is 29.1. The monoisotopic (exact) mass is 945 g/mol. The van der Waals surface area contributed by atoms with Crippen LogP contribution < -0.4 is 0 Å². The first-order chi connectivity index (χ1) is 31.4. The minimum absolute atomic E-state index is 0.000441. The van der Waals surface area contributed by atoms with Gasteiger partial charge in [0.1, 0.15) is 0 Å². The van der Waals surface area contributed by atoms with Crippen molar-refractivity contribution in [3.63, 3.8) is 0 Å². The van der Waals surface area contributed by atoms with E-state index in [1.165, 1.54) is 50.6 Å². The molecule has 3 aliphatic rings. The molecule has 67 heavy (non-hydrogen) atoms. The van der Waals surface area contributed by atoms with Crippen molar-refractivity contribution in [1.82, 2.24) is 0 Å². The molecule has 2 aromatic carbocycles. The number of hydrogen-bond acceptors (Lipinski definition) is 15. The van der Waals surface area contributed by atoms with Gasteiger partial charge in [-0.25, -0.2) is 0 Å². The topological polar surface area (TPSA) is 178 Å². The van der Waals surface area contributed by atoms with Gasteiger partial charge in [-0.2, -0.15) is 0 Å². The quantitative estimate of drug-likeness (QED) is 0.129. The molecule has 378 valence electrons. The molecule has 0 bridgehead atoms. The lowest BCUT2D eigenvalue weighted by Gasteiger charge is -2.46. The molecule has 3 fully saturated rings. The van der Waals surface area contributed by atoms with Gasteiger partial charge in [-0.1, -0.05) is 97.9 Å². The fraction of sp³-hybridized carbons (Fsp3) is 0.712. The number of carbonyl (C=O) groups excluding carboxylic acids is 5. The lowest BCUT2D eigenvalue weighted by molar-refractivity contribution is -0.333. The van der Waals surface area contributed by atoms with Crippen LogP contribution in [0.4, 0.5) is 0 Å². The number of esters is 5. The lowest BCUT2D eigenvalue weighted by Crippen LogP contribution is -2.58. The first kappa shape index (κ1) is 57.2. The second kappa shape index (κ2) is 26.0. The fourth-order valence-corrected chi connectivity index (χ4v) is 7.66. The molecule has 0 spiro atoms. The van der Waals surface area contributed by atoms with E-state index in [2.05, 4.69) is 61.0 Å². The second-order valence-electron chi connectivity index (χ2n) is 19.5. The molecule has 3 saturated heterocycles. The summed E-state index contributed by atoms with van der Waals surface area (Å²) in [5.41, 5.74) is 0.416. The van der Waals surface area contributed by atoms with Crippen LogP contribution in [0, 0.1) is 34.5 Å². The SMILES string of the molecule is CCC(C)(C)C(=O)OC.CCC(C)(C)C(=O)OC1OCC(OC2OCC(OC3OCC(C)C(C)C3OC(C)=O)C(C)C2OC(C)=O)C(C)C1OC(C)=O.CCC(C)c1cccc2ccccc12. The first-order valence-corrected chi connectivity index (χ1v) is 23.9. The van der Waals surface area contributed by atoms with E-state index in [4.69, 9.17) is 42.6 Å². The van der Waals surface area contributed by atoms with E-state index in [0.29, 0.717) is 18.9 Å². The number of methoxy groups -OCH3 is 1. The van der Waals surface area contributed by atoms with Crippen LogP contribution in [0.15, 0.2) is 42.5 Å². The Morgan fingerprint density at radius 3 is 1.49 bits per heavy atom. The molecule has 3 aliphatic heterocycles. The average Bonchev–Trinajstić information content (AvgIpc) is 3.29. The lowest BCUT2D eigenvalue weighted by atomic mass is 9.88. The van der Waals surface area contributed by atoms with Crippen LogP contribution in [0.5, 0.6) is 0 Å². The maximum atomic E-state index is 12.8. The highest BCUT2D eigenvalue weighted by atomic mass is 16.8. The molecule has 3 heterocycles. The molecule has 15 nitrogen and oxygen atoms in total. The van der Waals surface area contributed by atoms with E-state index in [0.717, 1.165) is 6.42 Å². The van der Waals surface area contributed by atoms with Gasteiger partial charge in [-0.15, -0.1) is 0 Å². The second-order valence-corrected chi connectivity index (χ2v) is 19.5. The van der Waals surface area contributed by atoms with Gasteiger partial charge in [0, 0.05) is 38.5 Å². The third-order valence-electron chi connectivity index (χ3n) is 13.6. The van der Waals surface area contributed by atoms with Crippen LogP contribution in [0.25, 0.3) is 10.8 Å². The van der Waals surface area contributed by atoms with Gasteiger partial charge in [0.25, 0.3) is 0 Å². The molecule has 13 unspecified atom stereocenters. The van der Waals surface area contributed by atoms with E-state index in [9.17, 15) is 24.0 Å². The average molecular weight is 945 g/mol. The van der Waals surface area contributed by atoms with Crippen LogP contribution in [-0.2, 0) is 71.3 Å². The highest BCUT2D eigenvalue weighted by Crippen LogP contribution is 2.36. The van der Waals surface area contributed by atoms with Gasteiger partial charge < -0.3 is 47.4 Å². The Morgan fingerprint density at radius 1 is 0.597 bits per heavy atom. The minimum atomic E-state index is -1.12. The maximum absolute atomic E-state index is 12.8. The maximum Gasteiger partial charge on any atom is 0.313 e. The van der Waals surface area contributed by atoms with Gasteiger partial charge in [-0.05, 0) is 75.1 Å². The highest BCUT2D eigenvalue weighted by Gasteiger charge is 2.50. The van der Waals surface area contributed by atoms with Crippen molar-refractivity contribution < 1.29 is 71.3 Å². The third-order valence-corrected chi connectivity index (χ3v) is 13.6. The van der Waals surface area contributed by atoms with Gasteiger partial charge in [0.15, 0.2) is 30.9 Å². The molecule has 0 aliphatic carbocycles. The Hall–Kier alpha value is -4.15. The smallest absolute Gasteiger partial charge is 0.313 e. The number of benzene rings is 2. The Morgan fingerprint density at radius 2 is 1.03 bits per heavy atom. The number of hydrogen-bond donors (Lipinski definition) is 0. The summed E-state index contributed by atoms with van der Waals surface area (Å²) in [5, 5.41) is 2.76. The van der Waals surface area contributed by atoms with E-state index in [1.54, 1.807) is 20.8 Å². The van der Waals surface area contributed by atoms with E-state index >= 15 is 0 Å². The highest BCUT2D eigenvalue weighted by molar-refractivity contribution is 5.86. The minimum Gasteiger partial charge on any atom is -0.469 e. The molecule has 0 aromatic heterocycles. The summed E-state index contributed by atoms with van der Waals surface area (Å²) in [5.74, 6) is -2.24. The molecule has 0 amide bonds. The first-order valence-electron chi connectivity index (χ1n) is 23.9. The van der Waals surface area contributed by atoms with Crippen molar-refractivity contribution in [2.24, 2.45) is 34.5 Å². The van der Waals surface area contributed by atoms with Crippen LogP contribution in [0.1, 0.15) is 135 Å². The number of ether oxygens (including phenoxy) is 10. The summed E-state index contributed by atoms with van der Waals surface area (Å²) >= 11 is 0. The number of rotatable bonds is 14. The molecular formula is C52H80O15. The van der Waals surface area contributed by atoms with Crippen molar-refractivity contribution in [3.05, 3.63) is 48.0 Å². The van der Waals surface area contributed by atoms with Crippen molar-refractivity contribution in [2.75, 3.05) is 26.9 Å². The summed E-state index contributed by atoms with van der Waals surface area (Å²) < 4.78 is 57.4. The number of fused-ring (bicyclic) bond motifs is 1. The molecule has 15 heteroatoms. The summed E-state index contributed by atoms with van der Waals surface area (Å²) in [6.07, 6.45) is -4.07. The zero-order valence-corrected chi connectivity index (χ0v) is 42.9. The van der Waals surface area contributed by atoms with Gasteiger partial charge in [-0.3, -0.25) is 24.0 Å². The van der Waals surface area contributed by atoms with E-state index in [-0.39, 0.29) is 36.4 Å². The predicted octanol–water partition coefficient (Wildman–Crippen LogP) is 9.09. The molecular weight excluding hydrogens is 865 g/mol. The fourth-order valence-electron chi connectivity index (χ4n) is 7.66. The summed E-state index contributed by atoms with van der Waals surface area (Å²) in [6, 6.07) is 15.2. The molecule has 0 radical (unpaired) electrons. The number of carbonyl (C=O) groups is 5. The third kappa shape index (κ3) is 16.0. The van der Waals surface area contributed by atoms with Crippen molar-refractivity contribution in [1.29, 1.82) is 0 Å². The van der Waals surface area contributed by atoms with Crippen molar-refractivity contribution in [2.45, 2.75) is 178 Å².